The lowest BCUT2D eigenvalue weighted by Gasteiger charge is -2.36. The van der Waals surface area contributed by atoms with E-state index < -0.39 is 12.7 Å². The van der Waals surface area contributed by atoms with Gasteiger partial charge in [0.15, 0.2) is 0 Å². The van der Waals surface area contributed by atoms with Crippen LogP contribution in [-0.4, -0.2) is 58.2 Å². The fourth-order valence-electron chi connectivity index (χ4n) is 3.60. The van der Waals surface area contributed by atoms with Crippen LogP contribution >= 0.6 is 0 Å². The normalized spacial score (nSPS) is 20.2. The van der Waals surface area contributed by atoms with Crippen molar-refractivity contribution in [1.29, 1.82) is 0 Å². The third-order valence-corrected chi connectivity index (χ3v) is 4.70. The first-order valence-corrected chi connectivity index (χ1v) is 9.30. The zero-order chi connectivity index (χ0) is 20.6. The van der Waals surface area contributed by atoms with E-state index in [0.29, 0.717) is 22.3 Å². The second-order valence-electron chi connectivity index (χ2n) is 7.18. The Balaban J connectivity index is 1.70. The summed E-state index contributed by atoms with van der Waals surface area (Å²) < 4.78 is 43.8. The molecule has 0 aromatic carbocycles. The van der Waals surface area contributed by atoms with Crippen molar-refractivity contribution in [3.63, 3.8) is 0 Å². The first-order valence-electron chi connectivity index (χ1n) is 9.30. The lowest BCUT2D eigenvalue weighted by atomic mass is 10.1. The SMILES string of the molecule is C[C@@H]1CN(c2ccnc(-c3n[nH]c4ccnc(NCC(F)(F)F)c34)c2)C[C@H](C)O1. The number of alkyl halides is 3. The van der Waals surface area contributed by atoms with Crippen LogP contribution < -0.4 is 10.2 Å². The number of halogens is 3. The zero-order valence-corrected chi connectivity index (χ0v) is 16.0. The van der Waals surface area contributed by atoms with E-state index in [1.54, 1.807) is 12.3 Å². The van der Waals surface area contributed by atoms with Gasteiger partial charge in [-0.15, -0.1) is 0 Å². The van der Waals surface area contributed by atoms with Gasteiger partial charge >= 0.3 is 6.18 Å². The molecule has 1 fully saturated rings. The van der Waals surface area contributed by atoms with Crippen LogP contribution in [0.15, 0.2) is 30.6 Å². The summed E-state index contributed by atoms with van der Waals surface area (Å²) in [6, 6.07) is 5.46. The molecule has 10 heteroatoms. The first kappa shape index (κ1) is 19.4. The highest BCUT2D eigenvalue weighted by Crippen LogP contribution is 2.32. The van der Waals surface area contributed by atoms with Crippen LogP contribution in [0.1, 0.15) is 13.8 Å². The van der Waals surface area contributed by atoms with Gasteiger partial charge in [0.05, 0.1) is 28.8 Å². The Bertz CT molecular complexity index is 995. The molecule has 3 aromatic rings. The number of nitrogens with zero attached hydrogens (tertiary/aromatic N) is 4. The highest BCUT2D eigenvalue weighted by Gasteiger charge is 2.28. The first-order chi connectivity index (χ1) is 13.8. The lowest BCUT2D eigenvalue weighted by molar-refractivity contribution is -0.115. The van der Waals surface area contributed by atoms with Crippen molar-refractivity contribution in [2.75, 3.05) is 29.9 Å². The largest absolute Gasteiger partial charge is 0.405 e. The quantitative estimate of drug-likeness (QED) is 0.689. The van der Waals surface area contributed by atoms with Crippen LogP contribution in [0.5, 0.6) is 0 Å². The minimum absolute atomic E-state index is 0.101. The van der Waals surface area contributed by atoms with Crippen molar-refractivity contribution in [2.24, 2.45) is 0 Å². The molecule has 0 saturated carbocycles. The highest BCUT2D eigenvalue weighted by atomic mass is 19.4. The van der Waals surface area contributed by atoms with E-state index in [0.717, 1.165) is 18.8 Å². The van der Waals surface area contributed by atoms with Gasteiger partial charge in [-0.2, -0.15) is 18.3 Å². The lowest BCUT2D eigenvalue weighted by Crippen LogP contribution is -2.45. The number of aromatic nitrogens is 4. The minimum Gasteiger partial charge on any atom is -0.372 e. The predicted molar refractivity (Wildman–Crippen MR) is 104 cm³/mol. The monoisotopic (exact) mass is 406 g/mol. The van der Waals surface area contributed by atoms with E-state index >= 15 is 0 Å². The Kier molecular flexibility index (Phi) is 5.03. The molecule has 4 rings (SSSR count). The second kappa shape index (κ2) is 7.51. The third-order valence-electron chi connectivity index (χ3n) is 4.70. The Hall–Kier alpha value is -2.88. The molecule has 0 amide bonds. The number of hydrogen-bond acceptors (Lipinski definition) is 6. The molecule has 154 valence electrons. The van der Waals surface area contributed by atoms with Gasteiger partial charge < -0.3 is 15.0 Å². The average molecular weight is 406 g/mol. The number of hydrogen-bond donors (Lipinski definition) is 2. The Morgan fingerprint density at radius 3 is 2.62 bits per heavy atom. The van der Waals surface area contributed by atoms with Crippen LogP contribution in [0.25, 0.3) is 22.3 Å². The van der Waals surface area contributed by atoms with Gasteiger partial charge in [0.2, 0.25) is 0 Å². The van der Waals surface area contributed by atoms with Crippen molar-refractivity contribution in [3.05, 3.63) is 30.6 Å². The Morgan fingerprint density at radius 2 is 1.90 bits per heavy atom. The van der Waals surface area contributed by atoms with Crippen molar-refractivity contribution >= 4 is 22.4 Å². The molecule has 2 atom stereocenters. The summed E-state index contributed by atoms with van der Waals surface area (Å²) in [6.07, 6.45) is -1.04. The molecule has 29 heavy (non-hydrogen) atoms. The molecule has 1 aliphatic heterocycles. The van der Waals surface area contributed by atoms with Crippen LogP contribution in [0.3, 0.4) is 0 Å². The van der Waals surface area contributed by atoms with Crippen LogP contribution in [-0.2, 0) is 4.74 Å². The van der Waals surface area contributed by atoms with Crippen LogP contribution in [0.2, 0.25) is 0 Å². The molecule has 2 N–H and O–H groups in total. The summed E-state index contributed by atoms with van der Waals surface area (Å²) in [5.41, 5.74) is 2.56. The molecule has 0 spiro atoms. The molecule has 0 radical (unpaired) electrons. The van der Waals surface area contributed by atoms with Gasteiger partial charge in [0.25, 0.3) is 0 Å². The molecule has 0 aliphatic carbocycles. The van der Waals surface area contributed by atoms with Gasteiger partial charge in [-0.3, -0.25) is 10.1 Å². The highest BCUT2D eigenvalue weighted by molar-refractivity contribution is 6.00. The number of anilines is 2. The maximum atomic E-state index is 12.7. The van der Waals surface area contributed by atoms with Crippen LogP contribution in [0.4, 0.5) is 24.7 Å². The van der Waals surface area contributed by atoms with Crippen molar-refractivity contribution < 1.29 is 17.9 Å². The van der Waals surface area contributed by atoms with Gasteiger partial charge in [-0.05, 0) is 32.0 Å². The third kappa shape index (κ3) is 4.26. The molecule has 7 nitrogen and oxygen atoms in total. The summed E-state index contributed by atoms with van der Waals surface area (Å²) >= 11 is 0. The van der Waals surface area contributed by atoms with Gasteiger partial charge in [0.1, 0.15) is 18.1 Å². The maximum absolute atomic E-state index is 12.7. The summed E-state index contributed by atoms with van der Waals surface area (Å²) in [5.74, 6) is 0.115. The number of ether oxygens (including phenoxy) is 1. The molecule has 1 aliphatic rings. The predicted octanol–water partition coefficient (Wildman–Crippen LogP) is 3.61. The number of rotatable bonds is 4. The van der Waals surface area contributed by atoms with E-state index in [1.807, 2.05) is 26.0 Å². The van der Waals surface area contributed by atoms with E-state index in [4.69, 9.17) is 4.74 Å². The smallest absolute Gasteiger partial charge is 0.372 e. The average Bonchev–Trinajstić information content (AvgIpc) is 3.10. The summed E-state index contributed by atoms with van der Waals surface area (Å²) in [7, 11) is 0. The fourth-order valence-corrected chi connectivity index (χ4v) is 3.60. The van der Waals surface area contributed by atoms with E-state index in [-0.39, 0.29) is 18.0 Å². The molecular weight excluding hydrogens is 385 g/mol. The molecule has 0 unspecified atom stereocenters. The number of pyridine rings is 2. The van der Waals surface area contributed by atoms with Gasteiger partial charge in [0, 0.05) is 31.2 Å². The molecule has 3 aromatic heterocycles. The molecule has 1 saturated heterocycles. The second-order valence-corrected chi connectivity index (χ2v) is 7.18. The number of fused-ring (bicyclic) bond motifs is 1. The molecular formula is C19H21F3N6O. The van der Waals surface area contributed by atoms with Crippen molar-refractivity contribution in [3.8, 4) is 11.4 Å². The van der Waals surface area contributed by atoms with Gasteiger partial charge in [-0.1, -0.05) is 0 Å². The molecule has 4 heterocycles. The Labute approximate surface area is 165 Å². The van der Waals surface area contributed by atoms with Gasteiger partial charge in [-0.25, -0.2) is 4.98 Å². The number of nitrogens with one attached hydrogen (secondary N) is 2. The topological polar surface area (TPSA) is 79.0 Å². The standard InChI is InChI=1S/C19H21F3N6O/c1-11-8-28(9-12(2)29-11)13-3-5-23-15(7-13)17-16-14(26-27-17)4-6-24-18(16)25-10-19(20,21)22/h3-7,11-12H,8-10H2,1-2H3,(H,24,25)(H,26,27)/t11-,12+. The van der Waals surface area contributed by atoms with E-state index in [2.05, 4.69) is 30.4 Å². The van der Waals surface area contributed by atoms with E-state index in [1.165, 1.54) is 6.20 Å². The number of H-pyrrole nitrogens is 1. The fraction of sp³-hybridized carbons (Fsp3) is 0.421. The summed E-state index contributed by atoms with van der Waals surface area (Å²) in [4.78, 5) is 10.7. The maximum Gasteiger partial charge on any atom is 0.405 e. The zero-order valence-electron chi connectivity index (χ0n) is 16.0. The minimum atomic E-state index is -4.35. The van der Waals surface area contributed by atoms with E-state index in [9.17, 15) is 13.2 Å². The summed E-state index contributed by atoms with van der Waals surface area (Å²) in [5, 5.41) is 9.99. The van der Waals surface area contributed by atoms with Crippen molar-refractivity contribution in [2.45, 2.75) is 32.2 Å². The van der Waals surface area contributed by atoms with Crippen LogP contribution in [0, 0.1) is 0 Å². The molecule has 0 bridgehead atoms. The Morgan fingerprint density at radius 1 is 1.17 bits per heavy atom. The van der Waals surface area contributed by atoms with Crippen molar-refractivity contribution in [1.82, 2.24) is 20.2 Å². The number of morpholine rings is 1. The summed E-state index contributed by atoms with van der Waals surface area (Å²) in [6.45, 7) is 4.36. The number of aromatic amines is 1.